The molecule has 0 spiro atoms. The van der Waals surface area contributed by atoms with E-state index in [9.17, 15) is 0 Å². The number of nitrogens with zero attached hydrogens (tertiary/aromatic N) is 2. The molecule has 0 aliphatic rings. The van der Waals surface area contributed by atoms with Crippen LogP contribution in [-0.4, -0.2) is 17.9 Å². The third-order valence-electron chi connectivity index (χ3n) is 2.43. The summed E-state index contributed by atoms with van der Waals surface area (Å²) in [6.07, 6.45) is 1.68. The molecule has 0 radical (unpaired) electrons. The van der Waals surface area contributed by atoms with Gasteiger partial charge in [0.2, 0.25) is 0 Å². The minimum atomic E-state index is -0.00336. The van der Waals surface area contributed by atoms with Crippen molar-refractivity contribution in [3.05, 3.63) is 46.4 Å². The Labute approximate surface area is 104 Å². The number of aromatic nitrogens is 1. The molecular formula is C12H14N4S. The molecule has 3 N–H and O–H groups in total. The summed E-state index contributed by atoms with van der Waals surface area (Å²) in [5, 5.41) is 9.43. The van der Waals surface area contributed by atoms with Crippen molar-refractivity contribution < 1.29 is 0 Å². The number of nitrogen functional groups attached to an aromatic ring is 1. The normalized spacial score (nSPS) is 10.2. The molecule has 17 heavy (non-hydrogen) atoms. The Morgan fingerprint density at radius 3 is 3.00 bits per heavy atom. The number of pyridine rings is 1. The van der Waals surface area contributed by atoms with Crippen LogP contribution in [-0.2, 0) is 6.54 Å². The Morgan fingerprint density at radius 2 is 2.35 bits per heavy atom. The van der Waals surface area contributed by atoms with Crippen molar-refractivity contribution >= 4 is 22.9 Å². The van der Waals surface area contributed by atoms with Crippen LogP contribution in [0.1, 0.15) is 10.6 Å². The molecule has 88 valence electrons. The van der Waals surface area contributed by atoms with Gasteiger partial charge in [-0.2, -0.15) is 0 Å². The molecule has 0 aliphatic heterocycles. The maximum atomic E-state index is 7.37. The summed E-state index contributed by atoms with van der Waals surface area (Å²) in [4.78, 5) is 7.46. The molecule has 0 aromatic carbocycles. The van der Waals surface area contributed by atoms with Gasteiger partial charge in [-0.1, -0.05) is 6.07 Å². The second-order valence-corrected chi connectivity index (χ2v) is 4.78. The van der Waals surface area contributed by atoms with Gasteiger partial charge >= 0.3 is 0 Å². The van der Waals surface area contributed by atoms with Crippen LogP contribution in [0.3, 0.4) is 0 Å². The Morgan fingerprint density at radius 1 is 1.53 bits per heavy atom. The predicted molar refractivity (Wildman–Crippen MR) is 71.7 cm³/mol. The summed E-state index contributed by atoms with van der Waals surface area (Å²) in [7, 11) is 2.01. The number of nitrogens with one attached hydrogen (secondary N) is 1. The van der Waals surface area contributed by atoms with Gasteiger partial charge in [0.25, 0.3) is 0 Å². The molecule has 0 saturated heterocycles. The Hall–Kier alpha value is -1.88. The maximum Gasteiger partial charge on any atom is 0.141 e. The van der Waals surface area contributed by atoms with Crippen LogP contribution in [0.25, 0.3) is 0 Å². The first-order valence-electron chi connectivity index (χ1n) is 5.21. The van der Waals surface area contributed by atoms with E-state index in [4.69, 9.17) is 11.1 Å². The number of hydrogen-bond donors (Lipinski definition) is 2. The van der Waals surface area contributed by atoms with E-state index in [-0.39, 0.29) is 5.84 Å². The van der Waals surface area contributed by atoms with Crippen molar-refractivity contribution in [2.75, 3.05) is 11.9 Å². The number of nitrogens with two attached hydrogens (primary N) is 1. The average Bonchev–Trinajstić information content (AvgIpc) is 2.82. The molecule has 5 heteroatoms. The van der Waals surface area contributed by atoms with Gasteiger partial charge in [-0.05, 0) is 23.6 Å². The van der Waals surface area contributed by atoms with Crippen LogP contribution in [0.4, 0.5) is 5.69 Å². The van der Waals surface area contributed by atoms with Crippen LogP contribution in [0.2, 0.25) is 0 Å². The largest absolute Gasteiger partial charge is 0.382 e. The summed E-state index contributed by atoms with van der Waals surface area (Å²) in [5.41, 5.74) is 6.95. The Kier molecular flexibility index (Phi) is 3.39. The van der Waals surface area contributed by atoms with E-state index in [0.29, 0.717) is 5.69 Å². The highest BCUT2D eigenvalue weighted by Gasteiger charge is 2.05. The van der Waals surface area contributed by atoms with E-state index in [2.05, 4.69) is 21.3 Å². The van der Waals surface area contributed by atoms with Crippen molar-refractivity contribution in [1.82, 2.24) is 4.98 Å². The fraction of sp³-hybridized carbons (Fsp3) is 0.167. The molecule has 0 fully saturated rings. The quantitative estimate of drug-likeness (QED) is 0.641. The molecule has 0 atom stereocenters. The van der Waals surface area contributed by atoms with Gasteiger partial charge in [0.15, 0.2) is 0 Å². The molecule has 0 bridgehead atoms. The zero-order valence-electron chi connectivity index (χ0n) is 9.55. The Bertz CT molecular complexity index is 507. The maximum absolute atomic E-state index is 7.37. The highest BCUT2D eigenvalue weighted by atomic mass is 32.1. The third-order valence-corrected chi connectivity index (χ3v) is 3.29. The lowest BCUT2D eigenvalue weighted by Crippen LogP contribution is -2.18. The lowest BCUT2D eigenvalue weighted by Gasteiger charge is -2.18. The van der Waals surface area contributed by atoms with Gasteiger partial charge < -0.3 is 10.6 Å². The van der Waals surface area contributed by atoms with Gasteiger partial charge in [-0.25, -0.2) is 0 Å². The zero-order chi connectivity index (χ0) is 12.3. The van der Waals surface area contributed by atoms with Crippen LogP contribution in [0.5, 0.6) is 0 Å². The van der Waals surface area contributed by atoms with Gasteiger partial charge in [0, 0.05) is 23.8 Å². The standard InChI is InChI=1S/C12H14N4S/c1-16(8-10-3-2-6-17-10)9-4-5-15-11(7-9)12(13)14/h2-7H,8H2,1H3,(H3,13,14). The average molecular weight is 246 g/mol. The minimum absolute atomic E-state index is 0.00336. The molecule has 4 nitrogen and oxygen atoms in total. The van der Waals surface area contributed by atoms with E-state index in [1.807, 2.05) is 25.2 Å². The second kappa shape index (κ2) is 4.97. The van der Waals surface area contributed by atoms with Crippen molar-refractivity contribution in [2.24, 2.45) is 5.73 Å². The lowest BCUT2D eigenvalue weighted by atomic mass is 10.2. The Balaban J connectivity index is 2.16. The SMILES string of the molecule is CN(Cc1cccs1)c1ccnc(C(=N)N)c1. The first-order valence-corrected chi connectivity index (χ1v) is 6.09. The first-order chi connectivity index (χ1) is 8.16. The number of thiophene rings is 1. The van der Waals surface area contributed by atoms with Gasteiger partial charge in [0.1, 0.15) is 11.5 Å². The topological polar surface area (TPSA) is 66.0 Å². The molecule has 2 aromatic rings. The van der Waals surface area contributed by atoms with E-state index in [1.54, 1.807) is 17.5 Å². The number of hydrogen-bond acceptors (Lipinski definition) is 4. The summed E-state index contributed by atoms with van der Waals surface area (Å²) in [5.74, 6) is -0.00336. The second-order valence-electron chi connectivity index (χ2n) is 3.75. The highest BCUT2D eigenvalue weighted by Crippen LogP contribution is 2.18. The van der Waals surface area contributed by atoms with E-state index in [1.165, 1.54) is 4.88 Å². The molecule has 2 heterocycles. The van der Waals surface area contributed by atoms with Crippen molar-refractivity contribution in [1.29, 1.82) is 5.41 Å². The van der Waals surface area contributed by atoms with Crippen LogP contribution in [0.15, 0.2) is 35.8 Å². The van der Waals surface area contributed by atoms with Gasteiger partial charge in [0.05, 0.1) is 6.54 Å². The minimum Gasteiger partial charge on any atom is -0.382 e. The summed E-state index contributed by atoms with van der Waals surface area (Å²) < 4.78 is 0. The zero-order valence-corrected chi connectivity index (χ0v) is 10.4. The van der Waals surface area contributed by atoms with E-state index < -0.39 is 0 Å². The molecule has 2 rings (SSSR count). The molecule has 2 aromatic heterocycles. The van der Waals surface area contributed by atoms with Crippen LogP contribution in [0, 0.1) is 5.41 Å². The molecule has 0 aliphatic carbocycles. The predicted octanol–water partition coefficient (Wildman–Crippen LogP) is 2.06. The molecular weight excluding hydrogens is 232 g/mol. The van der Waals surface area contributed by atoms with Crippen LogP contribution < -0.4 is 10.6 Å². The summed E-state index contributed by atoms with van der Waals surface area (Å²) >= 11 is 1.73. The lowest BCUT2D eigenvalue weighted by molar-refractivity contribution is 0.937. The molecule has 0 saturated carbocycles. The molecule has 0 unspecified atom stereocenters. The first kappa shape index (κ1) is 11.6. The van der Waals surface area contributed by atoms with Crippen molar-refractivity contribution in [3.63, 3.8) is 0 Å². The fourth-order valence-electron chi connectivity index (χ4n) is 1.53. The van der Waals surface area contributed by atoms with Crippen molar-refractivity contribution in [3.8, 4) is 0 Å². The third kappa shape index (κ3) is 2.82. The summed E-state index contributed by atoms with van der Waals surface area (Å²) in [6, 6.07) is 7.89. The smallest absolute Gasteiger partial charge is 0.141 e. The van der Waals surface area contributed by atoms with E-state index >= 15 is 0 Å². The highest BCUT2D eigenvalue weighted by molar-refractivity contribution is 7.09. The number of amidine groups is 1. The van der Waals surface area contributed by atoms with Gasteiger partial charge in [-0.15, -0.1) is 11.3 Å². The van der Waals surface area contributed by atoms with Gasteiger partial charge in [-0.3, -0.25) is 10.4 Å². The summed E-state index contributed by atoms with van der Waals surface area (Å²) in [6.45, 7) is 0.846. The van der Waals surface area contributed by atoms with Crippen molar-refractivity contribution in [2.45, 2.75) is 6.54 Å². The monoisotopic (exact) mass is 246 g/mol. The van der Waals surface area contributed by atoms with E-state index in [0.717, 1.165) is 12.2 Å². The number of anilines is 1. The molecule has 0 amide bonds. The van der Waals surface area contributed by atoms with Crippen LogP contribution >= 0.6 is 11.3 Å². The fourth-order valence-corrected chi connectivity index (χ4v) is 2.29. The number of rotatable bonds is 4.